The Morgan fingerprint density at radius 3 is 2.82 bits per heavy atom. The Bertz CT molecular complexity index is 144. The molecule has 2 atom stereocenters. The number of carbonyl (C=O) groups is 1. The fourth-order valence-electron chi connectivity index (χ4n) is 1.40. The van der Waals surface area contributed by atoms with Crippen molar-refractivity contribution in [3.63, 3.8) is 0 Å². The Morgan fingerprint density at radius 2 is 2.36 bits per heavy atom. The highest BCUT2D eigenvalue weighted by Gasteiger charge is 2.28. The molecule has 11 heavy (non-hydrogen) atoms. The van der Waals surface area contributed by atoms with E-state index in [4.69, 9.17) is 0 Å². The van der Waals surface area contributed by atoms with Crippen molar-refractivity contribution >= 4 is 17.5 Å². The van der Waals surface area contributed by atoms with Crippen LogP contribution in [0.3, 0.4) is 0 Å². The first-order chi connectivity index (χ1) is 5.24. The first kappa shape index (κ1) is 9.11. The van der Waals surface area contributed by atoms with Crippen LogP contribution in [0.2, 0.25) is 0 Å². The molecule has 0 aromatic heterocycles. The van der Waals surface area contributed by atoms with Crippen LogP contribution in [-0.2, 0) is 4.79 Å². The van der Waals surface area contributed by atoms with E-state index in [0.717, 1.165) is 6.42 Å². The highest BCUT2D eigenvalue weighted by Crippen LogP contribution is 2.33. The summed E-state index contributed by atoms with van der Waals surface area (Å²) in [5.74, 6) is 0.455. The smallest absolute Gasteiger partial charge is 0.146 e. The highest BCUT2D eigenvalue weighted by molar-refractivity contribution is 8.01. The van der Waals surface area contributed by atoms with Crippen molar-refractivity contribution in [3.8, 4) is 0 Å². The van der Waals surface area contributed by atoms with Gasteiger partial charge < -0.3 is 0 Å². The van der Waals surface area contributed by atoms with Gasteiger partial charge in [-0.1, -0.05) is 19.8 Å². The molecular weight excluding hydrogens is 156 g/mol. The van der Waals surface area contributed by atoms with Crippen LogP contribution in [0, 0.1) is 0 Å². The molecule has 0 N–H and O–H groups in total. The minimum atomic E-state index is 0.275. The summed E-state index contributed by atoms with van der Waals surface area (Å²) in [5.41, 5.74) is 0. The van der Waals surface area contributed by atoms with Crippen LogP contribution >= 0.6 is 11.8 Å². The SMILES string of the molecule is CCCCC1CC(=O)C(C)S1. The topological polar surface area (TPSA) is 17.1 Å². The van der Waals surface area contributed by atoms with Gasteiger partial charge in [-0.2, -0.15) is 0 Å². The Morgan fingerprint density at radius 1 is 1.64 bits per heavy atom. The Balaban J connectivity index is 2.24. The number of hydrogen-bond donors (Lipinski definition) is 0. The standard InChI is InChI=1S/C9H16OS/c1-3-4-5-8-6-9(10)7(2)11-8/h7-8H,3-6H2,1-2H3. The third kappa shape index (κ3) is 2.51. The molecule has 1 heterocycles. The van der Waals surface area contributed by atoms with Crippen LogP contribution in [0.25, 0.3) is 0 Å². The summed E-state index contributed by atoms with van der Waals surface area (Å²) in [6.45, 7) is 4.23. The zero-order valence-corrected chi connectivity index (χ0v) is 8.12. The second-order valence-corrected chi connectivity index (χ2v) is 4.86. The lowest BCUT2D eigenvalue weighted by molar-refractivity contribution is -0.117. The third-order valence-electron chi connectivity index (χ3n) is 2.16. The molecule has 0 aromatic carbocycles. The minimum absolute atomic E-state index is 0.275. The van der Waals surface area contributed by atoms with E-state index in [2.05, 4.69) is 6.92 Å². The normalized spacial score (nSPS) is 31.3. The molecule has 2 unspecified atom stereocenters. The fourth-order valence-corrected chi connectivity index (χ4v) is 2.79. The maximum absolute atomic E-state index is 11.1. The Kier molecular flexibility index (Phi) is 3.44. The van der Waals surface area contributed by atoms with E-state index in [1.54, 1.807) is 0 Å². The van der Waals surface area contributed by atoms with Crippen LogP contribution in [-0.4, -0.2) is 16.3 Å². The van der Waals surface area contributed by atoms with E-state index in [-0.39, 0.29) is 5.25 Å². The molecule has 1 rings (SSSR count). The highest BCUT2D eigenvalue weighted by atomic mass is 32.2. The van der Waals surface area contributed by atoms with Gasteiger partial charge in [-0.15, -0.1) is 11.8 Å². The molecular formula is C9H16OS. The monoisotopic (exact) mass is 172 g/mol. The van der Waals surface area contributed by atoms with Gasteiger partial charge in [0.2, 0.25) is 0 Å². The van der Waals surface area contributed by atoms with E-state index in [0.29, 0.717) is 11.0 Å². The molecule has 0 saturated carbocycles. The molecule has 64 valence electrons. The summed E-state index contributed by atoms with van der Waals surface area (Å²) in [5, 5.41) is 0.911. The number of unbranched alkanes of at least 4 members (excludes halogenated alkanes) is 1. The number of Topliss-reactive ketones (excluding diaryl/α,β-unsaturated/α-hetero) is 1. The molecule has 0 bridgehead atoms. The number of carbonyl (C=O) groups excluding carboxylic acids is 1. The molecule has 1 saturated heterocycles. The molecule has 1 fully saturated rings. The van der Waals surface area contributed by atoms with Crippen molar-refractivity contribution in [1.29, 1.82) is 0 Å². The number of hydrogen-bond acceptors (Lipinski definition) is 2. The summed E-state index contributed by atoms with van der Waals surface area (Å²) in [6.07, 6.45) is 4.58. The molecule has 1 aliphatic rings. The molecule has 0 aliphatic carbocycles. The van der Waals surface area contributed by atoms with E-state index in [1.165, 1.54) is 19.3 Å². The average Bonchev–Trinajstić information content (AvgIpc) is 2.28. The van der Waals surface area contributed by atoms with E-state index in [9.17, 15) is 4.79 Å². The van der Waals surface area contributed by atoms with Gasteiger partial charge in [-0.05, 0) is 13.3 Å². The second kappa shape index (κ2) is 4.15. The van der Waals surface area contributed by atoms with Gasteiger partial charge in [0.05, 0.1) is 5.25 Å². The Labute approximate surface area is 72.9 Å². The van der Waals surface area contributed by atoms with Crippen LogP contribution in [0.4, 0.5) is 0 Å². The van der Waals surface area contributed by atoms with Crippen LogP contribution in [0.1, 0.15) is 39.5 Å². The molecule has 1 aliphatic heterocycles. The molecule has 0 aromatic rings. The van der Waals surface area contributed by atoms with Gasteiger partial charge in [0, 0.05) is 11.7 Å². The van der Waals surface area contributed by atoms with Gasteiger partial charge in [0.1, 0.15) is 5.78 Å². The lowest BCUT2D eigenvalue weighted by Gasteiger charge is -2.05. The van der Waals surface area contributed by atoms with Crippen molar-refractivity contribution < 1.29 is 4.79 Å². The van der Waals surface area contributed by atoms with Crippen molar-refractivity contribution in [2.24, 2.45) is 0 Å². The summed E-state index contributed by atoms with van der Waals surface area (Å²) in [6, 6.07) is 0. The van der Waals surface area contributed by atoms with E-state index < -0.39 is 0 Å². The molecule has 1 nitrogen and oxygen atoms in total. The summed E-state index contributed by atoms with van der Waals surface area (Å²) in [4.78, 5) is 11.1. The van der Waals surface area contributed by atoms with Gasteiger partial charge in [0.15, 0.2) is 0 Å². The Hall–Kier alpha value is 0.0200. The van der Waals surface area contributed by atoms with Gasteiger partial charge in [-0.25, -0.2) is 0 Å². The number of ketones is 1. The summed E-state index contributed by atoms with van der Waals surface area (Å²) >= 11 is 1.86. The van der Waals surface area contributed by atoms with E-state index in [1.807, 2.05) is 18.7 Å². The zero-order chi connectivity index (χ0) is 8.27. The molecule has 0 spiro atoms. The van der Waals surface area contributed by atoms with Gasteiger partial charge in [0.25, 0.3) is 0 Å². The molecule has 0 radical (unpaired) electrons. The maximum atomic E-state index is 11.1. The largest absolute Gasteiger partial charge is 0.298 e. The third-order valence-corrected chi connectivity index (χ3v) is 3.62. The van der Waals surface area contributed by atoms with Crippen molar-refractivity contribution in [1.82, 2.24) is 0 Å². The van der Waals surface area contributed by atoms with Crippen LogP contribution in [0.5, 0.6) is 0 Å². The first-order valence-corrected chi connectivity index (χ1v) is 5.36. The zero-order valence-electron chi connectivity index (χ0n) is 7.30. The fraction of sp³-hybridized carbons (Fsp3) is 0.889. The van der Waals surface area contributed by atoms with Crippen molar-refractivity contribution in [3.05, 3.63) is 0 Å². The summed E-state index contributed by atoms with van der Waals surface area (Å²) in [7, 11) is 0. The average molecular weight is 172 g/mol. The summed E-state index contributed by atoms with van der Waals surface area (Å²) < 4.78 is 0. The predicted octanol–water partition coefficient (Wildman–Crippen LogP) is 2.64. The molecule has 2 heteroatoms. The first-order valence-electron chi connectivity index (χ1n) is 4.42. The van der Waals surface area contributed by atoms with E-state index >= 15 is 0 Å². The lowest BCUT2D eigenvalue weighted by atomic mass is 10.1. The maximum Gasteiger partial charge on any atom is 0.146 e. The van der Waals surface area contributed by atoms with Gasteiger partial charge >= 0.3 is 0 Å². The predicted molar refractivity (Wildman–Crippen MR) is 50.0 cm³/mol. The number of rotatable bonds is 3. The van der Waals surface area contributed by atoms with Crippen molar-refractivity contribution in [2.45, 2.75) is 50.0 Å². The van der Waals surface area contributed by atoms with Crippen LogP contribution in [0.15, 0.2) is 0 Å². The lowest BCUT2D eigenvalue weighted by Crippen LogP contribution is -2.04. The number of thioether (sulfide) groups is 1. The van der Waals surface area contributed by atoms with Crippen LogP contribution < -0.4 is 0 Å². The quantitative estimate of drug-likeness (QED) is 0.651. The minimum Gasteiger partial charge on any atom is -0.298 e. The second-order valence-electron chi connectivity index (χ2n) is 3.21. The van der Waals surface area contributed by atoms with Gasteiger partial charge in [-0.3, -0.25) is 4.79 Å². The molecule has 0 amide bonds. The van der Waals surface area contributed by atoms with Crippen molar-refractivity contribution in [2.75, 3.05) is 0 Å².